The Morgan fingerprint density at radius 1 is 0.348 bits per heavy atom. The lowest BCUT2D eigenvalue weighted by Gasteiger charge is -2.09. The molecular formula is C42H22N2O2. The monoisotopic (exact) mass is 586 g/mol. The van der Waals surface area contributed by atoms with Crippen molar-refractivity contribution in [2.75, 3.05) is 0 Å². The van der Waals surface area contributed by atoms with E-state index in [4.69, 9.17) is 8.83 Å². The number of benzene rings is 7. The predicted molar refractivity (Wildman–Crippen MR) is 190 cm³/mol. The summed E-state index contributed by atoms with van der Waals surface area (Å²) in [5.74, 6) is 0. The van der Waals surface area contributed by atoms with Gasteiger partial charge < -0.3 is 17.8 Å². The molecule has 0 fully saturated rings. The van der Waals surface area contributed by atoms with Crippen molar-refractivity contribution in [1.29, 1.82) is 0 Å². The van der Waals surface area contributed by atoms with Crippen LogP contribution in [-0.4, -0.2) is 8.97 Å². The fourth-order valence-corrected chi connectivity index (χ4v) is 8.36. The van der Waals surface area contributed by atoms with E-state index >= 15 is 0 Å². The molecule has 0 bridgehead atoms. The Morgan fingerprint density at radius 3 is 1.30 bits per heavy atom. The van der Waals surface area contributed by atoms with Crippen molar-refractivity contribution in [3.05, 3.63) is 133 Å². The molecule has 0 atom stereocenters. The summed E-state index contributed by atoms with van der Waals surface area (Å²) in [5.41, 5.74) is 10.5. The van der Waals surface area contributed by atoms with E-state index in [1.54, 1.807) is 0 Å². The highest BCUT2D eigenvalue weighted by Crippen LogP contribution is 2.47. The van der Waals surface area contributed by atoms with E-state index in [-0.39, 0.29) is 0 Å². The van der Waals surface area contributed by atoms with Crippen LogP contribution in [0.2, 0.25) is 0 Å². The first kappa shape index (κ1) is 23.2. The van der Waals surface area contributed by atoms with Crippen LogP contribution in [0.3, 0.4) is 0 Å². The summed E-state index contributed by atoms with van der Waals surface area (Å²) in [4.78, 5) is 0. The molecule has 0 aliphatic rings. The van der Waals surface area contributed by atoms with Gasteiger partial charge in [-0.3, -0.25) is 0 Å². The maximum atomic E-state index is 6.71. The van der Waals surface area contributed by atoms with E-state index in [9.17, 15) is 0 Å². The van der Waals surface area contributed by atoms with Crippen LogP contribution in [0.15, 0.2) is 142 Å². The van der Waals surface area contributed by atoms with E-state index in [0.717, 1.165) is 60.6 Å². The first-order chi connectivity index (χ1) is 22.8. The molecule has 0 unspecified atom stereocenters. The third-order valence-corrected chi connectivity index (χ3v) is 10.2. The van der Waals surface area contributed by atoms with Gasteiger partial charge in [0.2, 0.25) is 0 Å². The highest BCUT2D eigenvalue weighted by atomic mass is 16.3. The minimum absolute atomic E-state index is 0.898. The zero-order valence-corrected chi connectivity index (χ0v) is 24.4. The lowest BCUT2D eigenvalue weighted by Crippen LogP contribution is -1.93. The van der Waals surface area contributed by atoms with E-state index in [0.29, 0.717) is 0 Å². The van der Waals surface area contributed by atoms with Crippen LogP contribution in [0.25, 0.3) is 109 Å². The Kier molecular flexibility index (Phi) is 3.96. The molecule has 0 aliphatic carbocycles. The van der Waals surface area contributed by atoms with Crippen molar-refractivity contribution in [3.63, 3.8) is 0 Å². The molecular weight excluding hydrogens is 564 g/mol. The van der Waals surface area contributed by atoms with E-state index in [1.807, 2.05) is 12.1 Å². The van der Waals surface area contributed by atoms with Crippen LogP contribution in [0.5, 0.6) is 0 Å². The molecule has 12 aromatic rings. The number of fused-ring (bicyclic) bond motifs is 17. The normalized spacial score (nSPS) is 12.8. The fourth-order valence-electron chi connectivity index (χ4n) is 8.36. The van der Waals surface area contributed by atoms with Gasteiger partial charge in [-0.05, 0) is 48.5 Å². The van der Waals surface area contributed by atoms with Crippen LogP contribution in [-0.2, 0) is 0 Å². The summed E-state index contributed by atoms with van der Waals surface area (Å²) in [7, 11) is 0. The van der Waals surface area contributed by atoms with Crippen molar-refractivity contribution in [1.82, 2.24) is 8.97 Å². The Labute approximate surface area is 260 Å². The fraction of sp³-hybridized carbons (Fsp3) is 0. The molecule has 12 rings (SSSR count). The molecule has 0 N–H and O–H groups in total. The van der Waals surface area contributed by atoms with Gasteiger partial charge in [0.15, 0.2) is 11.2 Å². The van der Waals surface area contributed by atoms with Crippen molar-refractivity contribution in [2.24, 2.45) is 0 Å². The minimum atomic E-state index is 0.898. The summed E-state index contributed by atoms with van der Waals surface area (Å²) in [6.45, 7) is 0. The second kappa shape index (κ2) is 7.87. The predicted octanol–water partition coefficient (Wildman–Crippen LogP) is 11.7. The molecule has 46 heavy (non-hydrogen) atoms. The quantitative estimate of drug-likeness (QED) is 0.192. The minimum Gasteiger partial charge on any atom is -0.454 e. The zero-order chi connectivity index (χ0) is 29.7. The molecule has 0 saturated carbocycles. The average molecular weight is 587 g/mol. The molecule has 5 heterocycles. The van der Waals surface area contributed by atoms with Crippen molar-refractivity contribution >= 4 is 104 Å². The Bertz CT molecular complexity index is 3050. The number of hydrogen-bond acceptors (Lipinski definition) is 2. The maximum Gasteiger partial charge on any atom is 0.160 e. The molecule has 7 aromatic carbocycles. The van der Waals surface area contributed by atoms with Gasteiger partial charge in [-0.25, -0.2) is 0 Å². The first-order valence-corrected chi connectivity index (χ1v) is 15.7. The number of rotatable bonds is 1. The van der Waals surface area contributed by atoms with Gasteiger partial charge in [0.05, 0.1) is 27.6 Å². The van der Waals surface area contributed by atoms with Gasteiger partial charge >= 0.3 is 0 Å². The third kappa shape index (κ3) is 2.61. The van der Waals surface area contributed by atoms with Crippen molar-refractivity contribution in [3.8, 4) is 5.69 Å². The van der Waals surface area contributed by atoms with Gasteiger partial charge in [-0.2, -0.15) is 0 Å². The number of nitrogens with zero attached hydrogens (tertiary/aromatic N) is 2. The van der Waals surface area contributed by atoms with Gasteiger partial charge in [-0.1, -0.05) is 84.9 Å². The Hall–Kier alpha value is -6.26. The molecule has 0 spiro atoms. The highest BCUT2D eigenvalue weighted by molar-refractivity contribution is 6.31. The first-order valence-electron chi connectivity index (χ1n) is 15.7. The molecule has 4 heteroatoms. The van der Waals surface area contributed by atoms with Crippen molar-refractivity contribution < 1.29 is 8.83 Å². The number of furan rings is 2. The lowest BCUT2D eigenvalue weighted by molar-refractivity contribution is 0.670. The molecule has 5 aromatic heterocycles. The molecule has 0 radical (unpaired) electrons. The smallest absolute Gasteiger partial charge is 0.160 e. The summed E-state index contributed by atoms with van der Waals surface area (Å²) >= 11 is 0. The van der Waals surface area contributed by atoms with Gasteiger partial charge in [0.25, 0.3) is 0 Å². The van der Waals surface area contributed by atoms with Crippen LogP contribution in [0.4, 0.5) is 0 Å². The molecule has 0 aliphatic heterocycles. The van der Waals surface area contributed by atoms with Gasteiger partial charge in [0, 0.05) is 59.5 Å². The van der Waals surface area contributed by atoms with E-state index in [2.05, 4.69) is 130 Å². The third-order valence-electron chi connectivity index (χ3n) is 10.2. The molecule has 212 valence electrons. The largest absolute Gasteiger partial charge is 0.454 e. The maximum absolute atomic E-state index is 6.71. The summed E-state index contributed by atoms with van der Waals surface area (Å²) in [6.07, 6.45) is 0. The second-order valence-corrected chi connectivity index (χ2v) is 12.5. The number of aromatic nitrogens is 2. The standard InChI is InChI=1S/C42H22N2O2/c1-5-13-34-24(9-1)25-10-2-6-14-35(25)43(34)23-21-32-28-17-19-30-26-11-3-7-15-36(26)45-41(30)39(28)44-38(32)33(22-23)29-18-20-31-27-12-4-8-16-37(27)46-42(31)40(29)44/h1-22H. The SMILES string of the molecule is c1ccc2c(c1)oc1c2ccc2c3cc(-n4c5ccccc5c5ccccc54)cc4c5ccc6c7ccccc7oc6c5n(c34)c21. The summed E-state index contributed by atoms with van der Waals surface area (Å²) < 4.78 is 18.3. The van der Waals surface area contributed by atoms with E-state index < -0.39 is 0 Å². The van der Waals surface area contributed by atoms with Crippen LogP contribution in [0, 0.1) is 0 Å². The second-order valence-electron chi connectivity index (χ2n) is 12.5. The zero-order valence-electron chi connectivity index (χ0n) is 24.4. The Morgan fingerprint density at radius 2 is 0.783 bits per heavy atom. The Balaban J connectivity index is 1.35. The van der Waals surface area contributed by atoms with Crippen LogP contribution >= 0.6 is 0 Å². The number of hydrogen-bond donors (Lipinski definition) is 0. The molecule has 0 saturated heterocycles. The van der Waals surface area contributed by atoms with Crippen molar-refractivity contribution in [2.45, 2.75) is 0 Å². The van der Waals surface area contributed by atoms with Crippen LogP contribution < -0.4 is 0 Å². The summed E-state index contributed by atoms with van der Waals surface area (Å²) in [5, 5.41) is 11.8. The van der Waals surface area contributed by atoms with Gasteiger partial charge in [-0.15, -0.1) is 0 Å². The van der Waals surface area contributed by atoms with Crippen LogP contribution in [0.1, 0.15) is 0 Å². The molecule has 4 nitrogen and oxygen atoms in total. The topological polar surface area (TPSA) is 35.6 Å². The number of para-hydroxylation sites is 4. The van der Waals surface area contributed by atoms with E-state index in [1.165, 1.54) is 48.9 Å². The van der Waals surface area contributed by atoms with Gasteiger partial charge in [0.1, 0.15) is 11.2 Å². The summed E-state index contributed by atoms with van der Waals surface area (Å²) in [6, 6.07) is 47.8. The highest BCUT2D eigenvalue weighted by Gasteiger charge is 2.26. The lowest BCUT2D eigenvalue weighted by atomic mass is 10.0. The average Bonchev–Trinajstić information content (AvgIpc) is 3.90. The molecule has 0 amide bonds.